The highest BCUT2D eigenvalue weighted by atomic mass is 15.3. The van der Waals surface area contributed by atoms with Crippen LogP contribution in [-0.4, -0.2) is 23.5 Å². The molecule has 0 spiro atoms. The molecule has 0 bridgehead atoms. The fraction of sp³-hybridized carbons (Fsp3) is 0.846. The predicted molar refractivity (Wildman–Crippen MR) is 61.3 cm³/mol. The highest BCUT2D eigenvalue weighted by Crippen LogP contribution is 2.51. The van der Waals surface area contributed by atoms with E-state index in [4.69, 9.17) is 0 Å². The zero-order valence-corrected chi connectivity index (χ0v) is 10.1. The molecule has 2 saturated heterocycles. The fourth-order valence-electron chi connectivity index (χ4n) is 3.59. The molecule has 2 heterocycles. The van der Waals surface area contributed by atoms with E-state index in [1.807, 2.05) is 0 Å². The second kappa shape index (κ2) is 2.85. The van der Waals surface area contributed by atoms with E-state index < -0.39 is 0 Å². The molecule has 0 saturated carbocycles. The molecule has 0 aliphatic carbocycles. The minimum Gasteiger partial charge on any atom is -0.293 e. The van der Waals surface area contributed by atoms with Gasteiger partial charge in [0.2, 0.25) is 0 Å². The maximum atomic E-state index is 4.17. The second-order valence-electron chi connectivity index (χ2n) is 6.38. The van der Waals surface area contributed by atoms with Crippen LogP contribution in [0.25, 0.3) is 0 Å². The molecule has 80 valence electrons. The topological polar surface area (TPSA) is 3.24 Å². The van der Waals surface area contributed by atoms with Gasteiger partial charge in [0.15, 0.2) is 0 Å². The van der Waals surface area contributed by atoms with Crippen LogP contribution in [0.1, 0.15) is 40.5 Å². The zero-order chi connectivity index (χ0) is 10.6. The summed E-state index contributed by atoms with van der Waals surface area (Å²) >= 11 is 0. The summed E-state index contributed by atoms with van der Waals surface area (Å²) in [5.74, 6) is 0.753. The Morgan fingerprint density at radius 2 is 2.00 bits per heavy atom. The van der Waals surface area contributed by atoms with Gasteiger partial charge in [-0.3, -0.25) is 4.90 Å². The van der Waals surface area contributed by atoms with E-state index in [0.29, 0.717) is 11.0 Å². The third-order valence-electron chi connectivity index (χ3n) is 4.08. The van der Waals surface area contributed by atoms with Gasteiger partial charge in [0.05, 0.1) is 0 Å². The molecule has 2 rings (SSSR count). The van der Waals surface area contributed by atoms with Gasteiger partial charge in [0.25, 0.3) is 0 Å². The average Bonchev–Trinajstić information content (AvgIpc) is 2.36. The van der Waals surface area contributed by atoms with Crippen molar-refractivity contribution in [2.45, 2.75) is 46.1 Å². The molecule has 2 aliphatic heterocycles. The SMILES string of the molecule is C=C1CN2CC(C)(C)CC2(C(C)C)C1. The molecular formula is C13H23N. The lowest BCUT2D eigenvalue weighted by Crippen LogP contribution is -2.42. The van der Waals surface area contributed by atoms with Crippen LogP contribution in [-0.2, 0) is 0 Å². The Bertz CT molecular complexity index is 264. The number of rotatable bonds is 1. The van der Waals surface area contributed by atoms with Gasteiger partial charge in [-0.15, -0.1) is 0 Å². The number of fused-ring (bicyclic) bond motifs is 1. The van der Waals surface area contributed by atoms with Crippen molar-refractivity contribution in [2.24, 2.45) is 11.3 Å². The highest BCUT2D eigenvalue weighted by molar-refractivity contribution is 5.20. The fourth-order valence-corrected chi connectivity index (χ4v) is 3.59. The smallest absolute Gasteiger partial charge is 0.0279 e. The van der Waals surface area contributed by atoms with Crippen molar-refractivity contribution in [1.29, 1.82) is 0 Å². The van der Waals surface area contributed by atoms with E-state index >= 15 is 0 Å². The van der Waals surface area contributed by atoms with Crippen molar-refractivity contribution < 1.29 is 0 Å². The second-order valence-corrected chi connectivity index (χ2v) is 6.38. The van der Waals surface area contributed by atoms with Gasteiger partial charge < -0.3 is 0 Å². The summed E-state index contributed by atoms with van der Waals surface area (Å²) in [6.07, 6.45) is 2.57. The molecule has 2 fully saturated rings. The zero-order valence-electron chi connectivity index (χ0n) is 10.1. The van der Waals surface area contributed by atoms with Crippen molar-refractivity contribution in [2.75, 3.05) is 13.1 Å². The van der Waals surface area contributed by atoms with Gasteiger partial charge in [-0.1, -0.05) is 39.8 Å². The van der Waals surface area contributed by atoms with Crippen molar-refractivity contribution in [3.63, 3.8) is 0 Å². The molecule has 0 amide bonds. The predicted octanol–water partition coefficient (Wildman–Crippen LogP) is 3.07. The van der Waals surface area contributed by atoms with E-state index in [-0.39, 0.29) is 0 Å². The lowest BCUT2D eigenvalue weighted by Gasteiger charge is -2.36. The van der Waals surface area contributed by atoms with Crippen LogP contribution in [0.3, 0.4) is 0 Å². The molecule has 0 N–H and O–H groups in total. The van der Waals surface area contributed by atoms with E-state index in [9.17, 15) is 0 Å². The van der Waals surface area contributed by atoms with Crippen LogP contribution in [0.4, 0.5) is 0 Å². The number of hydrogen-bond donors (Lipinski definition) is 0. The monoisotopic (exact) mass is 193 g/mol. The Balaban J connectivity index is 2.30. The minimum absolute atomic E-state index is 0.445. The molecule has 2 aliphatic rings. The van der Waals surface area contributed by atoms with Crippen LogP contribution in [0.15, 0.2) is 12.2 Å². The van der Waals surface area contributed by atoms with Gasteiger partial charge in [0, 0.05) is 18.6 Å². The molecule has 1 atom stereocenters. The summed E-state index contributed by atoms with van der Waals surface area (Å²) in [6.45, 7) is 16.1. The Labute approximate surface area is 88.2 Å². The van der Waals surface area contributed by atoms with Gasteiger partial charge in [-0.25, -0.2) is 0 Å². The van der Waals surface area contributed by atoms with Gasteiger partial charge in [0.1, 0.15) is 0 Å². The average molecular weight is 193 g/mol. The summed E-state index contributed by atoms with van der Waals surface area (Å²) in [5.41, 5.74) is 2.39. The van der Waals surface area contributed by atoms with E-state index in [1.165, 1.54) is 25.0 Å². The van der Waals surface area contributed by atoms with E-state index in [1.54, 1.807) is 0 Å². The summed E-state index contributed by atoms with van der Waals surface area (Å²) in [7, 11) is 0. The summed E-state index contributed by atoms with van der Waals surface area (Å²) in [5, 5.41) is 0. The first kappa shape index (κ1) is 10.2. The first-order valence-electron chi connectivity index (χ1n) is 5.77. The van der Waals surface area contributed by atoms with Gasteiger partial charge in [-0.2, -0.15) is 0 Å². The highest BCUT2D eigenvalue weighted by Gasteiger charge is 2.53. The van der Waals surface area contributed by atoms with Crippen molar-refractivity contribution in [3.05, 3.63) is 12.2 Å². The Morgan fingerprint density at radius 3 is 2.50 bits per heavy atom. The molecule has 14 heavy (non-hydrogen) atoms. The summed E-state index contributed by atoms with van der Waals surface area (Å²) in [4.78, 5) is 2.68. The van der Waals surface area contributed by atoms with Crippen LogP contribution in [0, 0.1) is 11.3 Å². The van der Waals surface area contributed by atoms with E-state index in [0.717, 1.165) is 12.5 Å². The Morgan fingerprint density at radius 1 is 1.36 bits per heavy atom. The van der Waals surface area contributed by atoms with Crippen molar-refractivity contribution in [3.8, 4) is 0 Å². The first-order chi connectivity index (χ1) is 6.36. The molecule has 1 heteroatoms. The standard InChI is InChI=1S/C13H23N/c1-10(2)13-6-11(3)7-14(13)9-12(4,5)8-13/h10H,3,6-9H2,1-2,4-5H3. The van der Waals surface area contributed by atoms with Crippen LogP contribution in [0.2, 0.25) is 0 Å². The molecule has 0 radical (unpaired) electrons. The maximum absolute atomic E-state index is 4.17. The van der Waals surface area contributed by atoms with E-state index in [2.05, 4.69) is 39.2 Å². The lowest BCUT2D eigenvalue weighted by molar-refractivity contribution is 0.136. The first-order valence-corrected chi connectivity index (χ1v) is 5.77. The molecule has 0 aromatic carbocycles. The van der Waals surface area contributed by atoms with Crippen LogP contribution in [0.5, 0.6) is 0 Å². The molecular weight excluding hydrogens is 170 g/mol. The molecule has 1 nitrogen and oxygen atoms in total. The lowest BCUT2D eigenvalue weighted by atomic mass is 9.76. The van der Waals surface area contributed by atoms with Gasteiger partial charge >= 0.3 is 0 Å². The summed E-state index contributed by atoms with van der Waals surface area (Å²) in [6, 6.07) is 0. The minimum atomic E-state index is 0.445. The third-order valence-corrected chi connectivity index (χ3v) is 4.08. The largest absolute Gasteiger partial charge is 0.293 e. The quantitative estimate of drug-likeness (QED) is 0.578. The normalized spacial score (nSPS) is 36.8. The van der Waals surface area contributed by atoms with Crippen molar-refractivity contribution in [1.82, 2.24) is 4.90 Å². The Kier molecular flexibility index (Phi) is 2.08. The van der Waals surface area contributed by atoms with Crippen molar-refractivity contribution >= 4 is 0 Å². The summed E-state index contributed by atoms with van der Waals surface area (Å²) < 4.78 is 0. The maximum Gasteiger partial charge on any atom is 0.0279 e. The third kappa shape index (κ3) is 1.33. The number of nitrogens with zero attached hydrogens (tertiary/aromatic N) is 1. The van der Waals surface area contributed by atoms with Crippen LogP contribution >= 0.6 is 0 Å². The number of hydrogen-bond acceptors (Lipinski definition) is 1. The molecule has 0 aromatic heterocycles. The molecule has 1 unspecified atom stereocenters. The molecule has 0 aromatic rings. The van der Waals surface area contributed by atoms with Gasteiger partial charge in [-0.05, 0) is 24.2 Å². The Hall–Kier alpha value is -0.300. The van der Waals surface area contributed by atoms with Crippen LogP contribution < -0.4 is 0 Å².